The molecule has 0 spiro atoms. The summed E-state index contributed by atoms with van der Waals surface area (Å²) in [6.45, 7) is 3.45. The first kappa shape index (κ1) is 23.1. The Morgan fingerprint density at radius 3 is 2.75 bits per heavy atom. The fraction of sp³-hybridized carbons (Fsp3) is 0.333. The van der Waals surface area contributed by atoms with E-state index in [-0.39, 0.29) is 42.3 Å². The zero-order valence-corrected chi connectivity index (χ0v) is 18.3. The molecule has 1 atom stereocenters. The Morgan fingerprint density at radius 1 is 1.28 bits per heavy atom. The molecule has 0 saturated heterocycles. The molecule has 0 aliphatic heterocycles. The quantitative estimate of drug-likeness (QED) is 0.296. The molecule has 11 heteroatoms. The van der Waals surface area contributed by atoms with Crippen molar-refractivity contribution in [2.24, 2.45) is 0 Å². The van der Waals surface area contributed by atoms with Crippen molar-refractivity contribution in [1.82, 2.24) is 14.9 Å². The van der Waals surface area contributed by atoms with E-state index in [0.29, 0.717) is 10.2 Å². The van der Waals surface area contributed by atoms with E-state index in [9.17, 15) is 24.5 Å². The minimum atomic E-state index is -0.954. The Morgan fingerprint density at radius 2 is 2.03 bits per heavy atom. The summed E-state index contributed by atoms with van der Waals surface area (Å²) in [6, 6.07) is 6.62. The van der Waals surface area contributed by atoms with Gasteiger partial charge in [-0.2, -0.15) is 0 Å². The molecule has 168 valence electrons. The number of benzene rings is 1. The van der Waals surface area contributed by atoms with Crippen LogP contribution in [0.1, 0.15) is 38.3 Å². The van der Waals surface area contributed by atoms with Crippen LogP contribution in [0.5, 0.6) is 0 Å². The monoisotopic (exact) mass is 458 g/mol. The maximum absolute atomic E-state index is 12.6. The summed E-state index contributed by atoms with van der Waals surface area (Å²) in [5.74, 6) is -1.06. The van der Waals surface area contributed by atoms with Crippen LogP contribution >= 0.6 is 11.3 Å². The van der Waals surface area contributed by atoms with E-state index in [1.165, 1.54) is 40.4 Å². The second-order valence-electron chi connectivity index (χ2n) is 7.31. The maximum atomic E-state index is 12.6. The lowest BCUT2D eigenvalue weighted by atomic mass is 10.0. The topological polar surface area (TPSA) is 133 Å². The molecule has 10 nitrogen and oxygen atoms in total. The number of para-hydroxylation sites is 1. The van der Waals surface area contributed by atoms with Gasteiger partial charge in [0.15, 0.2) is 0 Å². The van der Waals surface area contributed by atoms with Gasteiger partial charge in [0.25, 0.3) is 11.2 Å². The number of aromatic nitrogens is 2. The van der Waals surface area contributed by atoms with Gasteiger partial charge in [0, 0.05) is 19.0 Å². The second kappa shape index (κ2) is 10.1. The average Bonchev–Trinajstić information content (AvgIpc) is 3.22. The molecule has 32 heavy (non-hydrogen) atoms. The van der Waals surface area contributed by atoms with Gasteiger partial charge < -0.3 is 10.1 Å². The van der Waals surface area contributed by atoms with Gasteiger partial charge in [0.05, 0.1) is 40.8 Å². The third-order valence-electron chi connectivity index (χ3n) is 4.61. The van der Waals surface area contributed by atoms with Gasteiger partial charge >= 0.3 is 5.97 Å². The summed E-state index contributed by atoms with van der Waals surface area (Å²) in [5.41, 5.74) is -0.261. The molecule has 0 aliphatic carbocycles. The molecule has 2 heterocycles. The minimum Gasteiger partial charge on any atom is -0.463 e. The van der Waals surface area contributed by atoms with Crippen molar-refractivity contribution in [3.8, 4) is 0 Å². The summed E-state index contributed by atoms with van der Waals surface area (Å²) >= 11 is 1.35. The number of esters is 1. The number of amides is 1. The van der Waals surface area contributed by atoms with Crippen LogP contribution in [0, 0.1) is 10.1 Å². The Kier molecular flexibility index (Phi) is 7.31. The Balaban J connectivity index is 1.76. The zero-order chi connectivity index (χ0) is 23.3. The Bertz CT molecular complexity index is 1200. The van der Waals surface area contributed by atoms with E-state index in [1.807, 2.05) is 0 Å². The first-order valence-corrected chi connectivity index (χ1v) is 10.8. The van der Waals surface area contributed by atoms with Crippen LogP contribution in [0.2, 0.25) is 0 Å². The highest BCUT2D eigenvalue weighted by molar-refractivity contribution is 7.16. The van der Waals surface area contributed by atoms with E-state index < -0.39 is 22.8 Å². The standard InChI is InChI=1S/C21H22N4O6S/c1-13(2)31-19(27)11-16(14-5-3-4-6-17(14)25(29)30)23-18(26)7-9-24-12-22-20-15(21(24)28)8-10-32-20/h3-6,8,10,12-13,16H,7,9,11H2,1-2H3,(H,23,26). The molecule has 1 N–H and O–H groups in total. The number of nitro benzene ring substituents is 1. The van der Waals surface area contributed by atoms with Gasteiger partial charge in [-0.25, -0.2) is 4.98 Å². The number of nitrogens with zero attached hydrogens (tertiary/aromatic N) is 3. The van der Waals surface area contributed by atoms with Gasteiger partial charge in [0.1, 0.15) is 4.83 Å². The smallest absolute Gasteiger partial charge is 0.308 e. The highest BCUT2D eigenvalue weighted by Gasteiger charge is 2.26. The van der Waals surface area contributed by atoms with Gasteiger partial charge in [0.2, 0.25) is 5.91 Å². The predicted molar refractivity (Wildman–Crippen MR) is 118 cm³/mol. The maximum Gasteiger partial charge on any atom is 0.308 e. The summed E-state index contributed by atoms with van der Waals surface area (Å²) < 4.78 is 6.48. The number of hydrogen-bond donors (Lipinski definition) is 1. The number of nitro groups is 1. The SMILES string of the molecule is CC(C)OC(=O)CC(NC(=O)CCn1cnc2sccc2c1=O)c1ccccc1[N+](=O)[O-]. The van der Waals surface area contributed by atoms with Crippen molar-refractivity contribution in [2.45, 2.75) is 45.4 Å². The largest absolute Gasteiger partial charge is 0.463 e. The van der Waals surface area contributed by atoms with Gasteiger partial charge in [-0.1, -0.05) is 18.2 Å². The number of fused-ring (bicyclic) bond motifs is 1. The molecule has 0 fully saturated rings. The Hall–Kier alpha value is -3.60. The molecule has 1 aromatic carbocycles. The lowest BCUT2D eigenvalue weighted by molar-refractivity contribution is -0.385. The molecular weight excluding hydrogens is 436 g/mol. The molecule has 0 radical (unpaired) electrons. The molecule has 2 aromatic heterocycles. The van der Waals surface area contributed by atoms with Crippen molar-refractivity contribution < 1.29 is 19.2 Å². The molecule has 3 rings (SSSR count). The van der Waals surface area contributed by atoms with Gasteiger partial charge in [-0.05, 0) is 25.3 Å². The normalized spacial score (nSPS) is 12.0. The first-order valence-electron chi connectivity index (χ1n) is 9.91. The molecule has 0 bridgehead atoms. The second-order valence-corrected chi connectivity index (χ2v) is 8.21. The van der Waals surface area contributed by atoms with Crippen molar-refractivity contribution in [2.75, 3.05) is 0 Å². The number of carbonyl (C=O) groups excluding carboxylic acids is 2. The van der Waals surface area contributed by atoms with Crippen molar-refractivity contribution in [3.05, 3.63) is 68.1 Å². The van der Waals surface area contributed by atoms with Gasteiger partial charge in [-0.3, -0.25) is 29.1 Å². The molecule has 1 unspecified atom stereocenters. The summed E-state index contributed by atoms with van der Waals surface area (Å²) in [4.78, 5) is 53.0. The average molecular weight is 458 g/mol. The molecular formula is C21H22N4O6S. The number of aryl methyl sites for hydroxylation is 1. The zero-order valence-electron chi connectivity index (χ0n) is 17.5. The summed E-state index contributed by atoms with van der Waals surface area (Å²) in [5, 5.41) is 16.4. The van der Waals surface area contributed by atoms with E-state index >= 15 is 0 Å². The molecule has 3 aromatic rings. The van der Waals surface area contributed by atoms with Crippen molar-refractivity contribution >= 4 is 39.1 Å². The first-order chi connectivity index (χ1) is 15.3. The van der Waals surface area contributed by atoms with Crippen LogP contribution in [0.4, 0.5) is 5.69 Å². The predicted octanol–water partition coefficient (Wildman–Crippen LogP) is 2.96. The van der Waals surface area contributed by atoms with Gasteiger partial charge in [-0.15, -0.1) is 11.3 Å². The number of carbonyl (C=O) groups is 2. The number of hydrogen-bond acceptors (Lipinski definition) is 8. The fourth-order valence-corrected chi connectivity index (χ4v) is 3.93. The summed E-state index contributed by atoms with van der Waals surface area (Å²) in [6.07, 6.45) is 0.676. The molecule has 0 saturated carbocycles. The van der Waals surface area contributed by atoms with E-state index in [4.69, 9.17) is 4.74 Å². The third kappa shape index (κ3) is 5.55. The lowest BCUT2D eigenvalue weighted by Gasteiger charge is -2.19. The van der Waals surface area contributed by atoms with Crippen LogP contribution in [0.3, 0.4) is 0 Å². The number of ether oxygens (including phenoxy) is 1. The summed E-state index contributed by atoms with van der Waals surface area (Å²) in [7, 11) is 0. The minimum absolute atomic E-state index is 0.0729. The number of thiophene rings is 1. The highest BCUT2D eigenvalue weighted by atomic mass is 32.1. The fourth-order valence-electron chi connectivity index (χ4n) is 3.21. The Labute approximate surface area is 187 Å². The van der Waals surface area contributed by atoms with Crippen LogP contribution < -0.4 is 10.9 Å². The highest BCUT2D eigenvalue weighted by Crippen LogP contribution is 2.27. The molecule has 0 aliphatic rings. The number of nitrogens with one attached hydrogen (secondary N) is 1. The molecule has 1 amide bonds. The van der Waals surface area contributed by atoms with E-state index in [1.54, 1.807) is 31.4 Å². The lowest BCUT2D eigenvalue weighted by Crippen LogP contribution is -2.33. The van der Waals surface area contributed by atoms with Crippen molar-refractivity contribution in [3.63, 3.8) is 0 Å². The van der Waals surface area contributed by atoms with Crippen LogP contribution in [-0.4, -0.2) is 32.5 Å². The van der Waals surface area contributed by atoms with E-state index in [0.717, 1.165) is 0 Å². The third-order valence-corrected chi connectivity index (χ3v) is 5.43. The number of rotatable bonds is 9. The van der Waals surface area contributed by atoms with Crippen LogP contribution in [0.15, 0.2) is 46.8 Å². The van der Waals surface area contributed by atoms with Crippen molar-refractivity contribution in [1.29, 1.82) is 0 Å². The van der Waals surface area contributed by atoms with Crippen LogP contribution in [0.25, 0.3) is 10.2 Å². The van der Waals surface area contributed by atoms with Crippen LogP contribution in [-0.2, 0) is 20.9 Å². The van der Waals surface area contributed by atoms with E-state index in [2.05, 4.69) is 10.3 Å².